The molecule has 84 valence electrons. The Bertz CT molecular complexity index is 680. The smallest absolute Gasteiger partial charge is 0.214 e. The summed E-state index contributed by atoms with van der Waals surface area (Å²) in [5, 5.41) is 0. The van der Waals surface area contributed by atoms with E-state index in [1.54, 1.807) is 0 Å². The zero-order chi connectivity index (χ0) is 11.8. The van der Waals surface area contributed by atoms with Crippen molar-refractivity contribution in [1.29, 1.82) is 0 Å². The molecule has 2 heteroatoms. The summed E-state index contributed by atoms with van der Waals surface area (Å²) < 4.78 is 4.33. The predicted molar refractivity (Wildman–Crippen MR) is 68.7 cm³/mol. The summed E-state index contributed by atoms with van der Waals surface area (Å²) in [5.41, 5.74) is 5.11. The maximum absolute atomic E-state index is 2.18. The van der Waals surface area contributed by atoms with Crippen LogP contribution in [0.5, 0.6) is 0 Å². The number of pyridine rings is 2. The van der Waals surface area contributed by atoms with Crippen LogP contribution < -0.4 is 4.57 Å². The van der Waals surface area contributed by atoms with E-state index >= 15 is 0 Å². The van der Waals surface area contributed by atoms with Gasteiger partial charge in [0, 0.05) is 24.5 Å². The molecule has 3 rings (SSSR count). The molecule has 0 unspecified atom stereocenters. The van der Waals surface area contributed by atoms with Gasteiger partial charge in [0.05, 0.1) is 11.1 Å². The minimum Gasteiger partial charge on any atom is -0.323 e. The molecule has 0 aliphatic rings. The van der Waals surface area contributed by atoms with Crippen molar-refractivity contribution in [3.05, 3.63) is 60.6 Å². The first-order valence-electron chi connectivity index (χ1n) is 5.79. The van der Waals surface area contributed by atoms with E-state index in [1.807, 2.05) is 0 Å². The summed E-state index contributed by atoms with van der Waals surface area (Å²) in [6, 6.07) is 12.7. The highest BCUT2D eigenvalue weighted by Gasteiger charge is 2.13. The Morgan fingerprint density at radius 3 is 2.71 bits per heavy atom. The molecule has 0 saturated carbocycles. The van der Waals surface area contributed by atoms with Crippen LogP contribution in [0.25, 0.3) is 16.8 Å². The van der Waals surface area contributed by atoms with Crippen molar-refractivity contribution in [3.8, 4) is 11.3 Å². The average Bonchev–Trinajstić information content (AvgIpc) is 2.72. The van der Waals surface area contributed by atoms with Crippen molar-refractivity contribution in [1.82, 2.24) is 4.40 Å². The first-order chi connectivity index (χ1) is 8.27. The molecule has 17 heavy (non-hydrogen) atoms. The fourth-order valence-electron chi connectivity index (χ4n) is 2.35. The molecule has 3 heterocycles. The fraction of sp³-hybridized carbons (Fsp3) is 0.133. The standard InChI is InChI=1S/C15H15N2/c1-12-8-11-17-10-5-6-13(15(12)17)14-7-3-4-9-16(14)2/h3-11H,1-2H3/q+1. The van der Waals surface area contributed by atoms with Crippen molar-refractivity contribution < 1.29 is 4.57 Å². The lowest BCUT2D eigenvalue weighted by molar-refractivity contribution is -0.660. The van der Waals surface area contributed by atoms with E-state index in [0.29, 0.717) is 0 Å². The summed E-state index contributed by atoms with van der Waals surface area (Å²) in [7, 11) is 2.08. The van der Waals surface area contributed by atoms with Crippen LogP contribution in [0.4, 0.5) is 0 Å². The summed E-state index contributed by atoms with van der Waals surface area (Å²) >= 11 is 0. The Hall–Kier alpha value is -2.09. The average molecular weight is 223 g/mol. The largest absolute Gasteiger partial charge is 0.323 e. The van der Waals surface area contributed by atoms with Crippen molar-refractivity contribution in [2.24, 2.45) is 7.05 Å². The third-order valence-electron chi connectivity index (χ3n) is 3.21. The van der Waals surface area contributed by atoms with Crippen LogP contribution in [-0.2, 0) is 7.05 Å². The normalized spacial score (nSPS) is 10.9. The molecular weight excluding hydrogens is 208 g/mol. The monoisotopic (exact) mass is 223 g/mol. The van der Waals surface area contributed by atoms with Crippen LogP contribution in [0.15, 0.2) is 55.0 Å². The number of hydrogen-bond acceptors (Lipinski definition) is 0. The van der Waals surface area contributed by atoms with E-state index in [1.165, 1.54) is 22.3 Å². The second kappa shape index (κ2) is 3.74. The summed E-state index contributed by atoms with van der Waals surface area (Å²) in [4.78, 5) is 0. The molecule has 3 aromatic rings. The Morgan fingerprint density at radius 2 is 1.88 bits per heavy atom. The van der Waals surface area contributed by atoms with E-state index < -0.39 is 0 Å². The van der Waals surface area contributed by atoms with E-state index in [-0.39, 0.29) is 0 Å². The van der Waals surface area contributed by atoms with Crippen molar-refractivity contribution in [2.45, 2.75) is 6.92 Å². The number of rotatable bonds is 1. The van der Waals surface area contributed by atoms with Crippen LogP contribution in [0.2, 0.25) is 0 Å². The first-order valence-corrected chi connectivity index (χ1v) is 5.79. The van der Waals surface area contributed by atoms with Crippen LogP contribution in [0.3, 0.4) is 0 Å². The molecule has 0 bridgehead atoms. The first kappa shape index (κ1) is 10.1. The quantitative estimate of drug-likeness (QED) is 0.561. The minimum atomic E-state index is 1.24. The molecule has 0 aromatic carbocycles. The van der Waals surface area contributed by atoms with Crippen LogP contribution in [0, 0.1) is 6.92 Å². The molecule has 0 saturated heterocycles. The Balaban J connectivity index is 2.38. The third-order valence-corrected chi connectivity index (χ3v) is 3.21. The maximum Gasteiger partial charge on any atom is 0.214 e. The summed E-state index contributed by atoms with van der Waals surface area (Å²) in [5.74, 6) is 0. The second-order valence-electron chi connectivity index (χ2n) is 4.37. The highest BCUT2D eigenvalue weighted by molar-refractivity contribution is 5.79. The highest BCUT2D eigenvalue weighted by atomic mass is 14.9. The molecule has 0 amide bonds. The van der Waals surface area contributed by atoms with E-state index in [4.69, 9.17) is 0 Å². The Labute approximate surface area is 101 Å². The van der Waals surface area contributed by atoms with E-state index in [0.717, 1.165) is 0 Å². The lowest BCUT2D eigenvalue weighted by atomic mass is 10.1. The van der Waals surface area contributed by atoms with Gasteiger partial charge in [0.1, 0.15) is 7.05 Å². The van der Waals surface area contributed by atoms with E-state index in [9.17, 15) is 0 Å². The number of aryl methyl sites for hydroxylation is 2. The molecule has 2 nitrogen and oxygen atoms in total. The second-order valence-corrected chi connectivity index (χ2v) is 4.37. The zero-order valence-corrected chi connectivity index (χ0v) is 10.1. The van der Waals surface area contributed by atoms with Gasteiger partial charge in [-0.2, -0.15) is 0 Å². The molecule has 3 aromatic heterocycles. The lowest BCUT2D eigenvalue weighted by Gasteiger charge is -2.04. The topological polar surface area (TPSA) is 8.29 Å². The predicted octanol–water partition coefficient (Wildman–Crippen LogP) is 2.74. The highest BCUT2D eigenvalue weighted by Crippen LogP contribution is 2.24. The van der Waals surface area contributed by atoms with Crippen LogP contribution in [0.1, 0.15) is 5.56 Å². The zero-order valence-electron chi connectivity index (χ0n) is 10.1. The molecule has 0 spiro atoms. The van der Waals surface area contributed by atoms with Gasteiger partial charge < -0.3 is 4.40 Å². The van der Waals surface area contributed by atoms with Gasteiger partial charge in [-0.3, -0.25) is 0 Å². The van der Waals surface area contributed by atoms with E-state index in [2.05, 4.69) is 77.9 Å². The molecule has 0 radical (unpaired) electrons. The SMILES string of the molecule is Cc1ccn2cccc(-c3cccc[n+]3C)c12. The van der Waals surface area contributed by atoms with Crippen molar-refractivity contribution in [3.63, 3.8) is 0 Å². The number of aromatic nitrogens is 2. The molecule has 0 aliphatic heterocycles. The molecule has 0 atom stereocenters. The van der Waals surface area contributed by atoms with Crippen molar-refractivity contribution in [2.75, 3.05) is 0 Å². The fourth-order valence-corrected chi connectivity index (χ4v) is 2.35. The van der Waals surface area contributed by atoms with Gasteiger partial charge in [0.2, 0.25) is 5.69 Å². The number of nitrogens with zero attached hydrogens (tertiary/aromatic N) is 2. The summed E-state index contributed by atoms with van der Waals surface area (Å²) in [6.45, 7) is 2.15. The van der Waals surface area contributed by atoms with Gasteiger partial charge >= 0.3 is 0 Å². The van der Waals surface area contributed by atoms with Crippen LogP contribution in [-0.4, -0.2) is 4.40 Å². The maximum atomic E-state index is 2.18. The lowest BCUT2D eigenvalue weighted by Crippen LogP contribution is -2.30. The third kappa shape index (κ3) is 1.53. The number of fused-ring (bicyclic) bond motifs is 1. The minimum absolute atomic E-state index is 1.24. The molecule has 0 N–H and O–H groups in total. The molecule has 0 aliphatic carbocycles. The van der Waals surface area contributed by atoms with Gasteiger partial charge in [-0.25, -0.2) is 4.57 Å². The summed E-state index contributed by atoms with van der Waals surface area (Å²) in [6.07, 6.45) is 6.28. The molecule has 0 fully saturated rings. The van der Waals surface area contributed by atoms with Gasteiger partial charge in [-0.15, -0.1) is 0 Å². The van der Waals surface area contributed by atoms with Gasteiger partial charge in [0.25, 0.3) is 0 Å². The Kier molecular flexibility index (Phi) is 2.22. The van der Waals surface area contributed by atoms with Gasteiger partial charge in [-0.1, -0.05) is 0 Å². The number of hydrogen-bond donors (Lipinski definition) is 0. The molecular formula is C15H15N2+. The van der Waals surface area contributed by atoms with Gasteiger partial charge in [-0.05, 0) is 36.8 Å². The van der Waals surface area contributed by atoms with Crippen molar-refractivity contribution >= 4 is 5.52 Å². The van der Waals surface area contributed by atoms with Crippen LogP contribution >= 0.6 is 0 Å². The van der Waals surface area contributed by atoms with Gasteiger partial charge in [0.15, 0.2) is 6.20 Å². The Morgan fingerprint density at radius 1 is 1.00 bits per heavy atom.